The Morgan fingerprint density at radius 1 is 1.57 bits per heavy atom. The molecule has 4 heteroatoms. The molecule has 0 heterocycles. The van der Waals surface area contributed by atoms with Crippen LogP contribution in [0.15, 0.2) is 23.2 Å². The van der Waals surface area contributed by atoms with Crippen LogP contribution in [-0.2, 0) is 0 Å². The Morgan fingerprint density at radius 2 is 2.29 bits per heavy atom. The number of hydrogen-bond acceptors (Lipinski definition) is 2. The fourth-order valence-electron chi connectivity index (χ4n) is 0.990. The van der Waals surface area contributed by atoms with Crippen LogP contribution in [0, 0.1) is 5.82 Å². The van der Waals surface area contributed by atoms with Crippen molar-refractivity contribution >= 4 is 5.84 Å². The first-order valence-corrected chi connectivity index (χ1v) is 4.44. The van der Waals surface area contributed by atoms with E-state index in [-0.39, 0.29) is 5.75 Å². The molecule has 0 saturated carbocycles. The molecule has 0 aromatic heterocycles. The molecule has 0 atom stereocenters. The van der Waals surface area contributed by atoms with Crippen LogP contribution in [0.25, 0.3) is 0 Å². The van der Waals surface area contributed by atoms with Crippen LogP contribution in [0.2, 0.25) is 0 Å². The van der Waals surface area contributed by atoms with E-state index < -0.39 is 5.82 Å². The molecule has 0 aliphatic rings. The Hall–Kier alpha value is -1.58. The second-order valence-corrected chi connectivity index (χ2v) is 2.93. The first kappa shape index (κ1) is 10.5. The third-order valence-corrected chi connectivity index (χ3v) is 1.75. The topological polar surface area (TPSA) is 58.6 Å². The van der Waals surface area contributed by atoms with Gasteiger partial charge in [0.25, 0.3) is 0 Å². The number of hydrogen-bond donors (Lipinski definition) is 2. The van der Waals surface area contributed by atoms with Crippen LogP contribution in [0.1, 0.15) is 18.9 Å². The van der Waals surface area contributed by atoms with E-state index in [0.717, 1.165) is 6.42 Å². The molecule has 0 saturated heterocycles. The zero-order chi connectivity index (χ0) is 10.6. The summed E-state index contributed by atoms with van der Waals surface area (Å²) in [5.41, 5.74) is 6.10. The molecule has 0 spiro atoms. The van der Waals surface area contributed by atoms with E-state index in [1.165, 1.54) is 18.2 Å². The van der Waals surface area contributed by atoms with Crippen LogP contribution in [0.5, 0.6) is 5.75 Å². The van der Waals surface area contributed by atoms with Gasteiger partial charge in [-0.15, -0.1) is 0 Å². The van der Waals surface area contributed by atoms with Crippen molar-refractivity contribution in [3.05, 3.63) is 29.6 Å². The average Bonchev–Trinajstić information content (AvgIpc) is 2.18. The molecule has 1 aromatic rings. The summed E-state index contributed by atoms with van der Waals surface area (Å²) in [6.07, 6.45) is 0.890. The molecule has 0 fully saturated rings. The van der Waals surface area contributed by atoms with Crippen LogP contribution in [0.4, 0.5) is 4.39 Å². The highest BCUT2D eigenvalue weighted by atomic mass is 19.1. The normalized spacial score (nSPS) is 11.7. The third kappa shape index (κ3) is 2.45. The van der Waals surface area contributed by atoms with Gasteiger partial charge < -0.3 is 10.8 Å². The fourth-order valence-corrected chi connectivity index (χ4v) is 0.990. The smallest absolute Gasteiger partial charge is 0.165 e. The van der Waals surface area contributed by atoms with Gasteiger partial charge in [-0.05, 0) is 24.6 Å². The number of aromatic hydroxyl groups is 1. The molecular weight excluding hydrogens is 183 g/mol. The van der Waals surface area contributed by atoms with Crippen molar-refractivity contribution in [2.24, 2.45) is 10.7 Å². The highest BCUT2D eigenvalue weighted by Crippen LogP contribution is 2.15. The lowest BCUT2D eigenvalue weighted by Gasteiger charge is -2.01. The standard InChI is InChI=1S/C10H13FN2O/c1-2-5-13-10(12)7-3-4-9(14)8(11)6-7/h3-4,6,14H,2,5H2,1H3,(H2,12,13). The summed E-state index contributed by atoms with van der Waals surface area (Å²) in [7, 11) is 0. The monoisotopic (exact) mass is 196 g/mol. The number of nitrogens with zero attached hydrogens (tertiary/aromatic N) is 1. The Bertz CT molecular complexity index is 350. The minimum absolute atomic E-state index is 0.297. The summed E-state index contributed by atoms with van der Waals surface area (Å²) >= 11 is 0. The molecule has 0 aliphatic carbocycles. The van der Waals surface area contributed by atoms with Crippen molar-refractivity contribution in [3.8, 4) is 5.75 Å². The van der Waals surface area contributed by atoms with Crippen molar-refractivity contribution < 1.29 is 9.50 Å². The summed E-state index contributed by atoms with van der Waals surface area (Å²) in [6, 6.07) is 3.97. The van der Waals surface area contributed by atoms with Crippen molar-refractivity contribution in [2.75, 3.05) is 6.54 Å². The van der Waals surface area contributed by atoms with Gasteiger partial charge in [-0.25, -0.2) is 4.39 Å². The van der Waals surface area contributed by atoms with Gasteiger partial charge in [0.05, 0.1) is 0 Å². The summed E-state index contributed by atoms with van der Waals surface area (Å²) in [5.74, 6) is -0.764. The van der Waals surface area contributed by atoms with Gasteiger partial charge in [0, 0.05) is 12.1 Å². The van der Waals surface area contributed by atoms with Gasteiger partial charge in [-0.1, -0.05) is 6.92 Å². The number of nitrogens with two attached hydrogens (primary N) is 1. The maximum Gasteiger partial charge on any atom is 0.165 e. The lowest BCUT2D eigenvalue weighted by molar-refractivity contribution is 0.432. The van der Waals surface area contributed by atoms with Gasteiger partial charge in [-0.2, -0.15) is 0 Å². The van der Waals surface area contributed by atoms with Crippen molar-refractivity contribution in [3.63, 3.8) is 0 Å². The summed E-state index contributed by atoms with van der Waals surface area (Å²) in [6.45, 7) is 2.60. The molecule has 1 aromatic carbocycles. The minimum atomic E-state index is -0.683. The number of aliphatic imine (C=N–C) groups is 1. The molecule has 14 heavy (non-hydrogen) atoms. The van der Waals surface area contributed by atoms with E-state index in [9.17, 15) is 4.39 Å². The van der Waals surface area contributed by atoms with Gasteiger partial charge in [0.2, 0.25) is 0 Å². The maximum absolute atomic E-state index is 12.9. The second kappa shape index (κ2) is 4.60. The highest BCUT2D eigenvalue weighted by molar-refractivity contribution is 5.97. The van der Waals surface area contributed by atoms with E-state index in [2.05, 4.69) is 4.99 Å². The van der Waals surface area contributed by atoms with Gasteiger partial charge in [0.15, 0.2) is 11.6 Å². The maximum atomic E-state index is 12.9. The van der Waals surface area contributed by atoms with E-state index >= 15 is 0 Å². The molecule has 76 valence electrons. The molecule has 3 nitrogen and oxygen atoms in total. The number of rotatable bonds is 3. The zero-order valence-electron chi connectivity index (χ0n) is 8.00. The minimum Gasteiger partial charge on any atom is -0.505 e. The third-order valence-electron chi connectivity index (χ3n) is 1.75. The number of benzene rings is 1. The number of phenolic OH excluding ortho intramolecular Hbond substituents is 1. The Morgan fingerprint density at radius 3 is 2.86 bits per heavy atom. The van der Waals surface area contributed by atoms with Crippen LogP contribution >= 0.6 is 0 Å². The van der Waals surface area contributed by atoms with Crippen molar-refractivity contribution in [2.45, 2.75) is 13.3 Å². The van der Waals surface area contributed by atoms with E-state index in [1.807, 2.05) is 6.92 Å². The molecule has 1 rings (SSSR count). The highest BCUT2D eigenvalue weighted by Gasteiger charge is 2.03. The Balaban J connectivity index is 2.91. The van der Waals surface area contributed by atoms with Crippen molar-refractivity contribution in [1.29, 1.82) is 0 Å². The second-order valence-electron chi connectivity index (χ2n) is 2.93. The van der Waals surface area contributed by atoms with E-state index in [4.69, 9.17) is 10.8 Å². The lowest BCUT2D eigenvalue weighted by atomic mass is 10.2. The van der Waals surface area contributed by atoms with E-state index in [0.29, 0.717) is 17.9 Å². The SMILES string of the molecule is CCCN=C(N)c1ccc(O)c(F)c1. The predicted molar refractivity (Wildman–Crippen MR) is 53.9 cm³/mol. The fraction of sp³-hybridized carbons (Fsp3) is 0.300. The van der Waals surface area contributed by atoms with Gasteiger partial charge in [0.1, 0.15) is 5.84 Å². The molecule has 0 aliphatic heterocycles. The van der Waals surface area contributed by atoms with Crippen LogP contribution in [-0.4, -0.2) is 17.5 Å². The van der Waals surface area contributed by atoms with Crippen molar-refractivity contribution in [1.82, 2.24) is 0 Å². The Kier molecular flexibility index (Phi) is 3.45. The zero-order valence-corrected chi connectivity index (χ0v) is 8.00. The largest absolute Gasteiger partial charge is 0.505 e. The first-order chi connectivity index (χ1) is 6.65. The lowest BCUT2D eigenvalue weighted by Crippen LogP contribution is -2.14. The Labute approximate surface area is 82.1 Å². The molecule has 0 radical (unpaired) electrons. The van der Waals surface area contributed by atoms with E-state index in [1.54, 1.807) is 0 Å². The molecule has 0 amide bonds. The number of phenols is 1. The molecule has 0 bridgehead atoms. The molecule has 3 N–H and O–H groups in total. The molecule has 0 unspecified atom stereocenters. The summed E-state index contributed by atoms with van der Waals surface area (Å²) in [4.78, 5) is 4.03. The predicted octanol–water partition coefficient (Wildman–Crippen LogP) is 1.65. The summed E-state index contributed by atoms with van der Waals surface area (Å²) in [5, 5.41) is 8.95. The first-order valence-electron chi connectivity index (χ1n) is 4.44. The average molecular weight is 196 g/mol. The van der Waals surface area contributed by atoms with Crippen LogP contribution < -0.4 is 5.73 Å². The van der Waals surface area contributed by atoms with Crippen LogP contribution in [0.3, 0.4) is 0 Å². The van der Waals surface area contributed by atoms with Gasteiger partial charge in [-0.3, -0.25) is 4.99 Å². The molecular formula is C10H13FN2O. The number of halogens is 1. The summed E-state index contributed by atoms with van der Waals surface area (Å²) < 4.78 is 12.9. The number of amidine groups is 1. The quantitative estimate of drug-likeness (QED) is 0.570. The van der Waals surface area contributed by atoms with Gasteiger partial charge >= 0.3 is 0 Å².